The van der Waals surface area contributed by atoms with E-state index in [1.807, 2.05) is 6.92 Å². The van der Waals surface area contributed by atoms with Gasteiger partial charge in [-0.15, -0.1) is 0 Å². The molecule has 2 aromatic rings. The molecule has 0 aliphatic carbocycles. The lowest BCUT2D eigenvalue weighted by Gasteiger charge is -2.08. The zero-order valence-corrected chi connectivity index (χ0v) is 11.2. The Kier molecular flexibility index (Phi) is 4.10. The molecule has 108 valence electrons. The average Bonchev–Trinajstić information content (AvgIpc) is 2.48. The van der Waals surface area contributed by atoms with Gasteiger partial charge in [0.25, 0.3) is 5.91 Å². The number of pyridine rings is 1. The molecule has 2 rings (SSSR count). The molecule has 8 heteroatoms. The molecule has 1 heterocycles. The van der Waals surface area contributed by atoms with Gasteiger partial charge in [-0.05, 0) is 31.2 Å². The summed E-state index contributed by atoms with van der Waals surface area (Å²) in [5, 5.41) is 13.7. The number of aromatic nitrogens is 1. The van der Waals surface area contributed by atoms with Gasteiger partial charge in [0.05, 0.1) is 16.8 Å². The van der Waals surface area contributed by atoms with E-state index in [1.54, 1.807) is 12.1 Å². The fourth-order valence-electron chi connectivity index (χ4n) is 1.78. The van der Waals surface area contributed by atoms with Crippen LogP contribution in [0.2, 0.25) is 0 Å². The van der Waals surface area contributed by atoms with Crippen molar-refractivity contribution in [3.63, 3.8) is 0 Å². The monoisotopic (exact) mass is 287 g/mol. The number of carbonyl (C=O) groups excluding carboxylic acids is 1. The second kappa shape index (κ2) is 5.97. The van der Waals surface area contributed by atoms with Crippen LogP contribution >= 0.6 is 0 Å². The van der Waals surface area contributed by atoms with E-state index in [1.165, 1.54) is 24.4 Å². The van der Waals surface area contributed by atoms with Crippen molar-refractivity contribution in [2.75, 3.05) is 10.7 Å². The van der Waals surface area contributed by atoms with E-state index < -0.39 is 10.8 Å². The highest BCUT2D eigenvalue weighted by molar-refractivity contribution is 6.08. The summed E-state index contributed by atoms with van der Waals surface area (Å²) in [7, 11) is 0. The van der Waals surface area contributed by atoms with Crippen LogP contribution < -0.4 is 16.6 Å². The predicted octanol–water partition coefficient (Wildman–Crippen LogP) is 1.84. The fraction of sp³-hybridized carbons (Fsp3) is 0.0769. The van der Waals surface area contributed by atoms with Gasteiger partial charge in [-0.2, -0.15) is 0 Å². The second-order valence-electron chi connectivity index (χ2n) is 4.25. The Balaban J connectivity index is 2.35. The number of para-hydroxylation sites is 1. The molecule has 1 aromatic heterocycles. The second-order valence-corrected chi connectivity index (χ2v) is 4.25. The summed E-state index contributed by atoms with van der Waals surface area (Å²) in [5.41, 5.74) is 3.06. The molecule has 0 bridgehead atoms. The largest absolute Gasteiger partial charge is 0.320 e. The lowest BCUT2D eigenvalue weighted by atomic mass is 10.1. The maximum atomic E-state index is 12.2. The summed E-state index contributed by atoms with van der Waals surface area (Å²) in [6, 6.07) is 7.67. The number of anilines is 2. The SMILES string of the molecule is Cc1ccc(NC(=O)c2cccc(NN)c2[N+](=O)[O-])cn1. The van der Waals surface area contributed by atoms with Crippen molar-refractivity contribution in [1.82, 2.24) is 4.98 Å². The molecular formula is C13H13N5O3. The molecule has 0 saturated heterocycles. The number of hydrazine groups is 1. The fourth-order valence-corrected chi connectivity index (χ4v) is 1.78. The minimum Gasteiger partial charge on any atom is -0.320 e. The number of nitrogens with zero attached hydrogens (tertiary/aromatic N) is 2. The van der Waals surface area contributed by atoms with Crippen molar-refractivity contribution in [2.45, 2.75) is 6.92 Å². The lowest BCUT2D eigenvalue weighted by molar-refractivity contribution is -0.384. The standard InChI is InChI=1S/C13H13N5O3/c1-8-5-6-9(7-15-8)16-13(19)10-3-2-4-11(17-14)12(10)18(20)21/h2-7,17H,14H2,1H3,(H,16,19). The molecule has 0 atom stereocenters. The van der Waals surface area contributed by atoms with E-state index in [0.717, 1.165) is 5.69 Å². The van der Waals surface area contributed by atoms with Gasteiger partial charge in [-0.3, -0.25) is 25.7 Å². The normalized spacial score (nSPS) is 10.0. The Morgan fingerprint density at radius 3 is 2.67 bits per heavy atom. The van der Waals surface area contributed by atoms with Crippen molar-refractivity contribution >= 4 is 23.0 Å². The number of nitro benzene ring substituents is 1. The molecule has 0 fully saturated rings. The number of hydrogen-bond donors (Lipinski definition) is 3. The molecule has 0 aliphatic heterocycles. The lowest BCUT2D eigenvalue weighted by Crippen LogP contribution is -2.16. The maximum absolute atomic E-state index is 12.2. The number of rotatable bonds is 4. The van der Waals surface area contributed by atoms with Crippen LogP contribution in [0.5, 0.6) is 0 Å². The van der Waals surface area contributed by atoms with Crippen LogP contribution in [0, 0.1) is 17.0 Å². The van der Waals surface area contributed by atoms with E-state index in [4.69, 9.17) is 5.84 Å². The van der Waals surface area contributed by atoms with Crippen LogP contribution in [-0.2, 0) is 0 Å². The van der Waals surface area contributed by atoms with Crippen LogP contribution in [0.3, 0.4) is 0 Å². The molecule has 1 aromatic carbocycles. The first-order valence-electron chi connectivity index (χ1n) is 6.01. The molecule has 0 spiro atoms. The molecule has 0 radical (unpaired) electrons. The third-order valence-corrected chi connectivity index (χ3v) is 2.79. The van der Waals surface area contributed by atoms with Crippen molar-refractivity contribution in [2.24, 2.45) is 5.84 Å². The molecule has 4 N–H and O–H groups in total. The Morgan fingerprint density at radius 1 is 1.33 bits per heavy atom. The number of aryl methyl sites for hydroxylation is 1. The third-order valence-electron chi connectivity index (χ3n) is 2.79. The first-order valence-corrected chi connectivity index (χ1v) is 6.01. The summed E-state index contributed by atoms with van der Waals surface area (Å²) in [5.74, 6) is 4.62. The minimum absolute atomic E-state index is 0.0645. The maximum Gasteiger partial charge on any atom is 0.306 e. The first-order chi connectivity index (χ1) is 10.0. The van der Waals surface area contributed by atoms with E-state index in [-0.39, 0.29) is 16.9 Å². The average molecular weight is 287 g/mol. The Morgan fingerprint density at radius 2 is 2.10 bits per heavy atom. The first kappa shape index (κ1) is 14.4. The summed E-state index contributed by atoms with van der Waals surface area (Å²) in [4.78, 5) is 26.7. The van der Waals surface area contributed by atoms with Crippen LogP contribution in [-0.4, -0.2) is 15.8 Å². The minimum atomic E-state index is -0.655. The molecule has 21 heavy (non-hydrogen) atoms. The van der Waals surface area contributed by atoms with Crippen LogP contribution in [0.1, 0.15) is 16.1 Å². The van der Waals surface area contributed by atoms with Crippen LogP contribution in [0.4, 0.5) is 17.1 Å². The van der Waals surface area contributed by atoms with E-state index >= 15 is 0 Å². The van der Waals surface area contributed by atoms with Gasteiger partial charge < -0.3 is 10.7 Å². The zero-order chi connectivity index (χ0) is 15.4. The van der Waals surface area contributed by atoms with E-state index in [2.05, 4.69) is 15.7 Å². The van der Waals surface area contributed by atoms with Gasteiger partial charge in [-0.25, -0.2) is 0 Å². The van der Waals surface area contributed by atoms with E-state index in [9.17, 15) is 14.9 Å². The molecule has 0 saturated carbocycles. The van der Waals surface area contributed by atoms with Gasteiger partial charge in [0.2, 0.25) is 0 Å². The van der Waals surface area contributed by atoms with Crippen molar-refractivity contribution in [3.8, 4) is 0 Å². The predicted molar refractivity (Wildman–Crippen MR) is 77.8 cm³/mol. The smallest absolute Gasteiger partial charge is 0.306 e. The Hall–Kier alpha value is -3.00. The number of nitrogens with two attached hydrogens (primary N) is 1. The number of carbonyl (C=O) groups is 1. The van der Waals surface area contributed by atoms with Crippen molar-refractivity contribution in [1.29, 1.82) is 0 Å². The van der Waals surface area contributed by atoms with E-state index in [0.29, 0.717) is 5.69 Å². The summed E-state index contributed by atoms with van der Waals surface area (Å²) in [6.45, 7) is 1.81. The molecular weight excluding hydrogens is 274 g/mol. The molecule has 0 aliphatic rings. The topological polar surface area (TPSA) is 123 Å². The number of benzene rings is 1. The Labute approximate surface area is 120 Å². The quantitative estimate of drug-likeness (QED) is 0.448. The van der Waals surface area contributed by atoms with Crippen LogP contribution in [0.25, 0.3) is 0 Å². The number of hydrogen-bond acceptors (Lipinski definition) is 6. The summed E-state index contributed by atoms with van der Waals surface area (Å²) in [6.07, 6.45) is 1.48. The summed E-state index contributed by atoms with van der Waals surface area (Å²) >= 11 is 0. The summed E-state index contributed by atoms with van der Waals surface area (Å²) < 4.78 is 0. The molecule has 0 unspecified atom stereocenters. The highest BCUT2D eigenvalue weighted by Crippen LogP contribution is 2.28. The third kappa shape index (κ3) is 3.12. The van der Waals surface area contributed by atoms with Gasteiger partial charge >= 0.3 is 5.69 Å². The highest BCUT2D eigenvalue weighted by atomic mass is 16.6. The van der Waals surface area contributed by atoms with Crippen molar-refractivity contribution in [3.05, 3.63) is 57.9 Å². The van der Waals surface area contributed by atoms with Crippen LogP contribution in [0.15, 0.2) is 36.5 Å². The molecule has 8 nitrogen and oxygen atoms in total. The van der Waals surface area contributed by atoms with Gasteiger partial charge in [0, 0.05) is 5.69 Å². The molecule has 1 amide bonds. The number of nitrogens with one attached hydrogen (secondary N) is 2. The highest BCUT2D eigenvalue weighted by Gasteiger charge is 2.24. The Bertz CT molecular complexity index is 685. The van der Waals surface area contributed by atoms with Gasteiger partial charge in [-0.1, -0.05) is 6.07 Å². The zero-order valence-electron chi connectivity index (χ0n) is 11.2. The number of amides is 1. The van der Waals surface area contributed by atoms with Gasteiger partial charge in [0.1, 0.15) is 11.3 Å². The van der Waals surface area contributed by atoms with Crippen molar-refractivity contribution < 1.29 is 9.72 Å². The number of nitrogen functional groups attached to an aromatic ring is 1. The number of nitro groups is 1. The van der Waals surface area contributed by atoms with Gasteiger partial charge in [0.15, 0.2) is 0 Å².